The number of nitrogens with two attached hydrogens (primary N) is 1. The maximum atomic E-state index is 13.3. The van der Waals surface area contributed by atoms with Crippen LogP contribution in [0.1, 0.15) is 115 Å². The van der Waals surface area contributed by atoms with Crippen LogP contribution in [-0.4, -0.2) is 71.9 Å². The Labute approximate surface area is 304 Å². The Balaban J connectivity index is -0.000000876. The van der Waals surface area contributed by atoms with Crippen molar-refractivity contribution in [3.8, 4) is 0 Å². The predicted octanol–water partition coefficient (Wildman–Crippen LogP) is 1.69. The molecule has 0 bridgehead atoms. The molecule has 3 atom stereocenters. The average Bonchev–Trinajstić information content (AvgIpc) is 3.32. The number of amides is 3. The van der Waals surface area contributed by atoms with Crippen LogP contribution in [0, 0.1) is 23.2 Å². The molecule has 0 radical (unpaired) electrons. The summed E-state index contributed by atoms with van der Waals surface area (Å²) in [7, 11) is 0. The summed E-state index contributed by atoms with van der Waals surface area (Å²) in [6, 6.07) is -0.898. The fourth-order valence-corrected chi connectivity index (χ4v) is 4.70. The zero-order valence-corrected chi connectivity index (χ0v) is 32.5. The van der Waals surface area contributed by atoms with Gasteiger partial charge in [0.05, 0.1) is 18.6 Å². The van der Waals surface area contributed by atoms with Crippen molar-refractivity contribution in [2.24, 2.45) is 28.9 Å². The zero-order valence-electron chi connectivity index (χ0n) is 29.4. The Hall–Kier alpha value is -0.694. The summed E-state index contributed by atoms with van der Waals surface area (Å²) in [5.74, 6) is -0.266. The maximum absolute atomic E-state index is 13.3. The van der Waals surface area contributed by atoms with Crippen molar-refractivity contribution in [2.45, 2.75) is 132 Å². The second-order valence-electron chi connectivity index (χ2n) is 13.3. The molecule has 246 valence electrons. The molecule has 43 heavy (non-hydrogen) atoms. The smallest absolute Gasteiger partial charge is 0.671 e. The molecule has 2 rings (SSSR count). The van der Waals surface area contributed by atoms with Crippen LogP contribution in [0.3, 0.4) is 0 Å². The third-order valence-corrected chi connectivity index (χ3v) is 7.52. The Kier molecular flexibility index (Phi) is 25.7. The maximum Gasteiger partial charge on any atom is 1.00 e. The Bertz CT molecular complexity index is 840. The van der Waals surface area contributed by atoms with Crippen molar-refractivity contribution in [3.63, 3.8) is 0 Å². The van der Waals surface area contributed by atoms with Gasteiger partial charge in [0.2, 0.25) is 11.8 Å². The summed E-state index contributed by atoms with van der Waals surface area (Å²) >= 11 is 0. The fraction of sp³-hybridized carbons (Fsp3) is 0.844. The molecule has 1 aliphatic heterocycles. The van der Waals surface area contributed by atoms with E-state index in [1.165, 1.54) is 19.3 Å². The minimum absolute atomic E-state index is 0. The number of likely N-dealkylation sites (tertiary alicyclic amines) is 1. The molecule has 1 saturated carbocycles. The molecule has 1 heterocycles. The number of carbonyl (C=O) groups excluding carboxylic acids is 5. The number of hydrogen-bond donors (Lipinski definition) is 3. The van der Waals surface area contributed by atoms with E-state index in [4.69, 9.17) is 5.73 Å². The van der Waals surface area contributed by atoms with E-state index in [9.17, 15) is 24.0 Å². The second-order valence-corrected chi connectivity index (χ2v) is 13.3. The van der Waals surface area contributed by atoms with Crippen LogP contribution < -0.4 is 67.8 Å². The normalized spacial score (nSPS) is 18.6. The first-order chi connectivity index (χ1) is 19.4. The number of rotatable bonds is 11. The summed E-state index contributed by atoms with van der Waals surface area (Å²) in [5.41, 5.74) is 10.1. The minimum atomic E-state index is -1.03. The number of hydrogen-bond acceptors (Lipinski definition) is 6. The summed E-state index contributed by atoms with van der Waals surface area (Å²) in [6.45, 7) is 22.7. The Morgan fingerprint density at radius 3 is 1.88 bits per heavy atom. The first kappa shape index (κ1) is 46.7. The number of ketones is 1. The number of Topliss-reactive ketones (excluding diaryl/α,β-unsaturated/α-hetero) is 1. The van der Waals surface area contributed by atoms with E-state index < -0.39 is 24.3 Å². The number of aldehydes is 1. The van der Waals surface area contributed by atoms with E-state index in [1.54, 1.807) is 4.90 Å². The van der Waals surface area contributed by atoms with Gasteiger partial charge in [-0.15, -0.1) is 0 Å². The SMILES string of the molecule is CC.CC1CCC1.CCCC(C)(C)NC(=O)CNC(C(=O)N1C[C@H](C(C)C)CC1C=O)C(C)(C)C.[K+].[NH-]CC(=O)C(N)=O. The van der Waals surface area contributed by atoms with Gasteiger partial charge in [-0.3, -0.25) is 24.5 Å². The first-order valence-electron chi connectivity index (χ1n) is 15.7. The topological polar surface area (TPSA) is 162 Å². The van der Waals surface area contributed by atoms with E-state index in [2.05, 4.69) is 44.1 Å². The summed E-state index contributed by atoms with van der Waals surface area (Å²) in [6.07, 6.45) is 7.95. The monoisotopic (exact) mass is 635 g/mol. The molecule has 11 heteroatoms. The van der Waals surface area contributed by atoms with Crippen LogP contribution in [0.25, 0.3) is 5.73 Å². The molecule has 1 saturated heterocycles. The van der Waals surface area contributed by atoms with Gasteiger partial charge in [-0.2, -0.15) is 0 Å². The van der Waals surface area contributed by atoms with Crippen molar-refractivity contribution in [2.75, 3.05) is 19.6 Å². The molecule has 0 aromatic rings. The van der Waals surface area contributed by atoms with Gasteiger partial charge in [0, 0.05) is 12.1 Å². The van der Waals surface area contributed by atoms with Crippen LogP contribution in [0.5, 0.6) is 0 Å². The van der Waals surface area contributed by atoms with E-state index in [0.29, 0.717) is 18.4 Å². The van der Waals surface area contributed by atoms with Gasteiger partial charge in [-0.1, -0.05) is 94.5 Å². The van der Waals surface area contributed by atoms with Crippen molar-refractivity contribution >= 4 is 29.8 Å². The fourth-order valence-electron chi connectivity index (χ4n) is 4.70. The Morgan fingerprint density at radius 1 is 1.07 bits per heavy atom. The van der Waals surface area contributed by atoms with Crippen molar-refractivity contribution < 1.29 is 75.4 Å². The molecule has 2 fully saturated rings. The van der Waals surface area contributed by atoms with E-state index in [-0.39, 0.29) is 86.7 Å². The minimum Gasteiger partial charge on any atom is -0.671 e. The van der Waals surface area contributed by atoms with Crippen molar-refractivity contribution in [1.82, 2.24) is 15.5 Å². The predicted molar refractivity (Wildman–Crippen MR) is 171 cm³/mol. The molecule has 0 aromatic heterocycles. The van der Waals surface area contributed by atoms with Gasteiger partial charge in [0.1, 0.15) is 6.29 Å². The van der Waals surface area contributed by atoms with Gasteiger partial charge in [0.15, 0.2) is 5.78 Å². The molecule has 3 amide bonds. The molecular weight excluding hydrogens is 573 g/mol. The number of primary amides is 1. The molecule has 10 nitrogen and oxygen atoms in total. The average molecular weight is 636 g/mol. The first-order valence-corrected chi connectivity index (χ1v) is 15.7. The molecule has 0 aromatic carbocycles. The van der Waals surface area contributed by atoms with Crippen LogP contribution >= 0.6 is 0 Å². The summed E-state index contributed by atoms with van der Waals surface area (Å²) in [5, 5.41) is 6.20. The van der Waals surface area contributed by atoms with E-state index >= 15 is 0 Å². The van der Waals surface area contributed by atoms with Gasteiger partial charge in [-0.25, -0.2) is 0 Å². The number of nitrogens with zero attached hydrogens (tertiary/aromatic N) is 1. The zero-order chi connectivity index (χ0) is 33.3. The molecule has 2 unspecified atom stereocenters. The molecule has 1 aliphatic carbocycles. The van der Waals surface area contributed by atoms with Crippen molar-refractivity contribution in [1.29, 1.82) is 0 Å². The van der Waals surface area contributed by atoms with E-state index in [0.717, 1.165) is 31.5 Å². The van der Waals surface area contributed by atoms with Gasteiger partial charge in [-0.05, 0) is 49.9 Å². The summed E-state index contributed by atoms with van der Waals surface area (Å²) < 4.78 is 0. The van der Waals surface area contributed by atoms with E-state index in [1.807, 2.05) is 48.5 Å². The van der Waals surface area contributed by atoms with Crippen LogP contribution in [0.2, 0.25) is 0 Å². The Morgan fingerprint density at radius 2 is 1.58 bits per heavy atom. The molecule has 0 spiro atoms. The standard InChI is InChI=1S/C22H41N3O3.C5H10.C3H5N2O2.C2H6.K/c1-9-10-22(7,8)24-18(27)12-23-19(21(4,5)6)20(28)25-13-16(15(2)3)11-17(25)14-26;1-5-3-2-4-5;4-1-2(6)3(5)7;1-2;/h14-17,19,23H,9-13H2,1-8H3,(H,24,27);5H,2-4H2,1H3;4H,1H2,(H2,5,7);1-2H3;/q;;-1;;+1/t16-,17?,19?;;;;/m1..../s1. The third kappa shape index (κ3) is 19.4. The van der Waals surface area contributed by atoms with Crippen LogP contribution in [-0.2, 0) is 24.0 Å². The quantitative estimate of drug-likeness (QED) is 0.178. The second kappa shape index (κ2) is 23.6. The third-order valence-electron chi connectivity index (χ3n) is 7.52. The number of nitrogens with one attached hydrogen (secondary N) is 3. The van der Waals surface area contributed by atoms with Crippen LogP contribution in [0.4, 0.5) is 0 Å². The van der Waals surface area contributed by atoms with Gasteiger partial charge >= 0.3 is 51.4 Å². The molecule has 2 aliphatic rings. The molecular formula is C32H62KN5O5. The molecule has 5 N–H and O–H groups in total. The summed E-state index contributed by atoms with van der Waals surface area (Å²) in [4.78, 5) is 58.5. The van der Waals surface area contributed by atoms with Gasteiger partial charge in [0.25, 0.3) is 5.91 Å². The number of carbonyl (C=O) groups is 5. The van der Waals surface area contributed by atoms with Crippen LogP contribution in [0.15, 0.2) is 0 Å². The van der Waals surface area contributed by atoms with Gasteiger partial charge < -0.3 is 26.5 Å². The van der Waals surface area contributed by atoms with Crippen molar-refractivity contribution in [3.05, 3.63) is 5.73 Å². The largest absolute Gasteiger partial charge is 1.00 e.